The summed E-state index contributed by atoms with van der Waals surface area (Å²) < 4.78 is 0. The molecule has 0 radical (unpaired) electrons. The fourth-order valence-corrected chi connectivity index (χ4v) is 2.39. The van der Waals surface area contributed by atoms with Crippen LogP contribution in [-0.4, -0.2) is 47.6 Å². The molecule has 0 N–H and O–H groups in total. The highest BCUT2D eigenvalue weighted by Gasteiger charge is 2.17. The summed E-state index contributed by atoms with van der Waals surface area (Å²) >= 11 is 0. The van der Waals surface area contributed by atoms with Crippen LogP contribution in [0, 0.1) is 0 Å². The fourth-order valence-electron chi connectivity index (χ4n) is 2.39. The van der Waals surface area contributed by atoms with Crippen molar-refractivity contribution in [2.45, 2.75) is 6.92 Å². The Morgan fingerprint density at radius 3 is 2.50 bits per heavy atom. The number of anilines is 1. The average Bonchev–Trinajstić information content (AvgIpc) is 2.47. The van der Waals surface area contributed by atoms with Crippen molar-refractivity contribution in [3.05, 3.63) is 30.5 Å². The maximum absolute atomic E-state index is 4.69. The van der Waals surface area contributed by atoms with Crippen molar-refractivity contribution in [3.63, 3.8) is 0 Å². The molecule has 1 saturated heterocycles. The van der Waals surface area contributed by atoms with E-state index in [0.29, 0.717) is 0 Å². The van der Waals surface area contributed by atoms with E-state index in [1.165, 1.54) is 0 Å². The number of piperazine rings is 1. The van der Waals surface area contributed by atoms with Crippen LogP contribution in [0.1, 0.15) is 6.92 Å². The van der Waals surface area contributed by atoms with Crippen LogP contribution in [0.5, 0.6) is 0 Å². The topological polar surface area (TPSA) is 32.3 Å². The van der Waals surface area contributed by atoms with Gasteiger partial charge < -0.3 is 9.80 Å². The normalized spacial score (nSPS) is 17.3. The van der Waals surface area contributed by atoms with E-state index in [4.69, 9.17) is 4.98 Å². The molecule has 1 aliphatic heterocycles. The second kappa shape index (κ2) is 4.90. The van der Waals surface area contributed by atoms with E-state index >= 15 is 0 Å². The first-order valence-electron chi connectivity index (χ1n) is 6.56. The van der Waals surface area contributed by atoms with Gasteiger partial charge in [-0.25, -0.2) is 4.98 Å². The average molecular weight is 242 g/mol. The van der Waals surface area contributed by atoms with Gasteiger partial charge in [-0.1, -0.05) is 19.1 Å². The molecule has 2 aromatic rings. The lowest BCUT2D eigenvalue weighted by atomic mass is 10.3. The molecule has 4 nitrogen and oxygen atoms in total. The van der Waals surface area contributed by atoms with E-state index in [1.54, 1.807) is 0 Å². The minimum atomic E-state index is 0.966. The van der Waals surface area contributed by atoms with E-state index < -0.39 is 0 Å². The van der Waals surface area contributed by atoms with Crippen molar-refractivity contribution >= 4 is 16.9 Å². The highest BCUT2D eigenvalue weighted by Crippen LogP contribution is 2.16. The van der Waals surface area contributed by atoms with E-state index in [9.17, 15) is 0 Å². The van der Waals surface area contributed by atoms with Gasteiger partial charge in [-0.3, -0.25) is 4.98 Å². The van der Waals surface area contributed by atoms with Crippen molar-refractivity contribution in [2.24, 2.45) is 0 Å². The number of hydrogen-bond acceptors (Lipinski definition) is 4. The van der Waals surface area contributed by atoms with E-state index in [2.05, 4.69) is 21.7 Å². The zero-order valence-electron chi connectivity index (χ0n) is 10.7. The van der Waals surface area contributed by atoms with Gasteiger partial charge in [0.1, 0.15) is 5.82 Å². The second-order valence-electron chi connectivity index (χ2n) is 4.64. The van der Waals surface area contributed by atoms with Crippen LogP contribution in [0.2, 0.25) is 0 Å². The molecule has 2 heterocycles. The van der Waals surface area contributed by atoms with E-state index in [-0.39, 0.29) is 0 Å². The van der Waals surface area contributed by atoms with Crippen molar-refractivity contribution < 1.29 is 0 Å². The first-order valence-corrected chi connectivity index (χ1v) is 6.56. The van der Waals surface area contributed by atoms with Gasteiger partial charge in [0.15, 0.2) is 0 Å². The Balaban J connectivity index is 1.82. The first-order chi connectivity index (χ1) is 8.86. The third kappa shape index (κ3) is 2.16. The lowest BCUT2D eigenvalue weighted by molar-refractivity contribution is 0.270. The van der Waals surface area contributed by atoms with Crippen LogP contribution in [0.4, 0.5) is 5.82 Å². The quantitative estimate of drug-likeness (QED) is 0.803. The molecule has 1 aromatic heterocycles. The summed E-state index contributed by atoms with van der Waals surface area (Å²) in [5.41, 5.74) is 1.95. The lowest BCUT2D eigenvalue weighted by Crippen LogP contribution is -2.46. The maximum Gasteiger partial charge on any atom is 0.147 e. The van der Waals surface area contributed by atoms with Gasteiger partial charge >= 0.3 is 0 Å². The van der Waals surface area contributed by atoms with Gasteiger partial charge in [0.25, 0.3) is 0 Å². The molecule has 94 valence electrons. The summed E-state index contributed by atoms with van der Waals surface area (Å²) in [5, 5.41) is 0. The summed E-state index contributed by atoms with van der Waals surface area (Å²) in [4.78, 5) is 14.0. The number of hydrogen-bond donors (Lipinski definition) is 0. The van der Waals surface area contributed by atoms with Gasteiger partial charge in [0.2, 0.25) is 0 Å². The van der Waals surface area contributed by atoms with Crippen molar-refractivity contribution in [3.8, 4) is 0 Å². The van der Waals surface area contributed by atoms with Gasteiger partial charge in [0.05, 0.1) is 17.2 Å². The zero-order valence-corrected chi connectivity index (χ0v) is 10.7. The fraction of sp³-hybridized carbons (Fsp3) is 0.429. The minimum Gasteiger partial charge on any atom is -0.353 e. The Hall–Kier alpha value is -1.68. The summed E-state index contributed by atoms with van der Waals surface area (Å²) in [6.07, 6.45) is 1.89. The number of aromatic nitrogens is 2. The summed E-state index contributed by atoms with van der Waals surface area (Å²) in [6, 6.07) is 8.03. The predicted octanol–water partition coefficient (Wildman–Crippen LogP) is 1.77. The predicted molar refractivity (Wildman–Crippen MR) is 73.9 cm³/mol. The molecular weight excluding hydrogens is 224 g/mol. The lowest BCUT2D eigenvalue weighted by Gasteiger charge is -2.34. The SMILES string of the molecule is CCN1CCN(c2cnc3ccccc3n2)CC1. The Morgan fingerprint density at radius 2 is 1.78 bits per heavy atom. The van der Waals surface area contributed by atoms with Crippen molar-refractivity contribution in [1.82, 2.24) is 14.9 Å². The second-order valence-corrected chi connectivity index (χ2v) is 4.64. The molecule has 3 rings (SSSR count). The van der Waals surface area contributed by atoms with Gasteiger partial charge in [-0.2, -0.15) is 0 Å². The largest absolute Gasteiger partial charge is 0.353 e. The monoisotopic (exact) mass is 242 g/mol. The third-order valence-electron chi connectivity index (χ3n) is 3.58. The molecule has 1 aliphatic rings. The van der Waals surface area contributed by atoms with E-state index in [1.807, 2.05) is 30.5 Å². The minimum absolute atomic E-state index is 0.966. The first kappa shape index (κ1) is 11.4. The van der Waals surface area contributed by atoms with Crippen LogP contribution >= 0.6 is 0 Å². The van der Waals surface area contributed by atoms with Crippen LogP contribution < -0.4 is 4.90 Å². The molecule has 0 amide bonds. The molecule has 0 unspecified atom stereocenters. The standard InChI is InChI=1S/C14H18N4/c1-2-17-7-9-18(10-8-17)14-11-15-12-5-3-4-6-13(12)16-14/h3-6,11H,2,7-10H2,1H3. The Morgan fingerprint density at radius 1 is 1.06 bits per heavy atom. The summed E-state index contributed by atoms with van der Waals surface area (Å²) in [6.45, 7) is 7.67. The molecular formula is C14H18N4. The number of nitrogens with zero attached hydrogens (tertiary/aromatic N) is 4. The maximum atomic E-state index is 4.69. The molecule has 1 aromatic carbocycles. The Bertz CT molecular complexity index is 532. The number of benzene rings is 1. The summed E-state index contributed by atoms with van der Waals surface area (Å²) in [5.74, 6) is 1.00. The molecule has 1 fully saturated rings. The highest BCUT2D eigenvalue weighted by molar-refractivity contribution is 5.75. The number of likely N-dealkylation sites (N-methyl/N-ethyl adjacent to an activating group) is 1. The Labute approximate surface area is 107 Å². The Kier molecular flexibility index (Phi) is 3.11. The van der Waals surface area contributed by atoms with Gasteiger partial charge in [-0.05, 0) is 18.7 Å². The molecule has 0 spiro atoms. The molecule has 0 aliphatic carbocycles. The van der Waals surface area contributed by atoms with Crippen molar-refractivity contribution in [2.75, 3.05) is 37.6 Å². The highest BCUT2D eigenvalue weighted by atomic mass is 15.3. The van der Waals surface area contributed by atoms with Crippen molar-refractivity contribution in [1.29, 1.82) is 0 Å². The van der Waals surface area contributed by atoms with Gasteiger partial charge in [0, 0.05) is 26.2 Å². The van der Waals surface area contributed by atoms with E-state index in [0.717, 1.165) is 49.6 Å². The van der Waals surface area contributed by atoms with Crippen LogP contribution in [-0.2, 0) is 0 Å². The molecule has 0 atom stereocenters. The van der Waals surface area contributed by atoms with Gasteiger partial charge in [-0.15, -0.1) is 0 Å². The molecule has 4 heteroatoms. The molecule has 18 heavy (non-hydrogen) atoms. The molecule has 0 bridgehead atoms. The number of fused-ring (bicyclic) bond motifs is 1. The number of rotatable bonds is 2. The smallest absolute Gasteiger partial charge is 0.147 e. The third-order valence-corrected chi connectivity index (χ3v) is 3.58. The summed E-state index contributed by atoms with van der Waals surface area (Å²) in [7, 11) is 0. The van der Waals surface area contributed by atoms with Crippen LogP contribution in [0.3, 0.4) is 0 Å². The molecule has 0 saturated carbocycles. The van der Waals surface area contributed by atoms with Crippen LogP contribution in [0.15, 0.2) is 30.5 Å². The zero-order chi connectivity index (χ0) is 12.4. The number of para-hydroxylation sites is 2. The van der Waals surface area contributed by atoms with Crippen LogP contribution in [0.25, 0.3) is 11.0 Å².